The van der Waals surface area contributed by atoms with Gasteiger partial charge < -0.3 is 11.1 Å². The van der Waals surface area contributed by atoms with Crippen LogP contribution < -0.4 is 11.1 Å². The Kier molecular flexibility index (Phi) is 3.93. The molecule has 0 aromatic heterocycles. The lowest BCUT2D eigenvalue weighted by Gasteiger charge is -2.32. The van der Waals surface area contributed by atoms with Crippen molar-refractivity contribution in [3.05, 3.63) is 23.8 Å². The molecule has 0 spiro atoms. The van der Waals surface area contributed by atoms with Crippen LogP contribution in [0.15, 0.2) is 18.2 Å². The molecule has 2 nitrogen and oxygen atoms in total. The Labute approximate surface area is 105 Å². The number of rotatable bonds is 3. The molecular formula is C15H24N2. The second-order valence-corrected chi connectivity index (χ2v) is 5.27. The molecule has 1 aliphatic rings. The summed E-state index contributed by atoms with van der Waals surface area (Å²) in [4.78, 5) is 0. The lowest BCUT2D eigenvalue weighted by molar-refractivity contribution is 0.317. The molecule has 0 aliphatic heterocycles. The number of nitrogens with one attached hydrogen (secondary N) is 1. The number of hydrogen-bond donors (Lipinski definition) is 2. The normalized spacial score (nSPS) is 24.6. The van der Waals surface area contributed by atoms with Gasteiger partial charge in [0, 0.05) is 17.4 Å². The predicted octanol–water partition coefficient (Wildman–Crippen LogP) is 3.96. The maximum Gasteiger partial charge on any atom is 0.0346 e. The Morgan fingerprint density at radius 3 is 2.76 bits per heavy atom. The van der Waals surface area contributed by atoms with Gasteiger partial charge in [-0.3, -0.25) is 0 Å². The van der Waals surface area contributed by atoms with Gasteiger partial charge in [-0.25, -0.2) is 0 Å². The zero-order valence-electron chi connectivity index (χ0n) is 11.0. The molecule has 2 rings (SSSR count). The summed E-state index contributed by atoms with van der Waals surface area (Å²) in [6.45, 7) is 4.37. The van der Waals surface area contributed by atoms with Crippen molar-refractivity contribution in [1.29, 1.82) is 0 Å². The third kappa shape index (κ3) is 2.93. The van der Waals surface area contributed by atoms with Gasteiger partial charge in [-0.2, -0.15) is 0 Å². The van der Waals surface area contributed by atoms with Gasteiger partial charge in [0.1, 0.15) is 0 Å². The molecule has 0 amide bonds. The van der Waals surface area contributed by atoms with Crippen molar-refractivity contribution in [2.24, 2.45) is 5.92 Å². The Hall–Kier alpha value is -1.18. The first-order chi connectivity index (χ1) is 8.20. The number of hydrogen-bond acceptors (Lipinski definition) is 2. The van der Waals surface area contributed by atoms with Crippen molar-refractivity contribution < 1.29 is 0 Å². The van der Waals surface area contributed by atoms with Crippen LogP contribution in [0.5, 0.6) is 0 Å². The van der Waals surface area contributed by atoms with Crippen LogP contribution in [0.2, 0.25) is 0 Å². The Balaban J connectivity index is 2.05. The molecule has 1 aliphatic carbocycles. The van der Waals surface area contributed by atoms with Crippen molar-refractivity contribution >= 4 is 11.4 Å². The third-order valence-corrected chi connectivity index (χ3v) is 4.06. The number of anilines is 2. The molecule has 1 saturated carbocycles. The van der Waals surface area contributed by atoms with Crippen LogP contribution in [-0.2, 0) is 0 Å². The quantitative estimate of drug-likeness (QED) is 0.774. The number of benzene rings is 1. The summed E-state index contributed by atoms with van der Waals surface area (Å²) in [6, 6.07) is 6.92. The van der Waals surface area contributed by atoms with Crippen molar-refractivity contribution in [2.45, 2.75) is 52.0 Å². The van der Waals surface area contributed by atoms with Gasteiger partial charge in [0.05, 0.1) is 0 Å². The highest BCUT2D eigenvalue weighted by Crippen LogP contribution is 2.30. The van der Waals surface area contributed by atoms with E-state index in [1.54, 1.807) is 0 Å². The monoisotopic (exact) mass is 232 g/mol. The first kappa shape index (κ1) is 12.3. The molecule has 2 unspecified atom stereocenters. The van der Waals surface area contributed by atoms with E-state index in [0.29, 0.717) is 6.04 Å². The molecule has 17 heavy (non-hydrogen) atoms. The fraction of sp³-hybridized carbons (Fsp3) is 0.600. The fourth-order valence-corrected chi connectivity index (χ4v) is 2.87. The Morgan fingerprint density at radius 2 is 2.06 bits per heavy atom. The first-order valence-corrected chi connectivity index (χ1v) is 6.83. The van der Waals surface area contributed by atoms with Gasteiger partial charge in [-0.15, -0.1) is 0 Å². The van der Waals surface area contributed by atoms with Crippen LogP contribution in [0.4, 0.5) is 11.4 Å². The maximum atomic E-state index is 5.85. The minimum absolute atomic E-state index is 0.650. The van der Waals surface area contributed by atoms with E-state index in [4.69, 9.17) is 5.73 Å². The minimum Gasteiger partial charge on any atom is -0.399 e. The zero-order chi connectivity index (χ0) is 12.3. The summed E-state index contributed by atoms with van der Waals surface area (Å²) in [5.41, 5.74) is 9.12. The van der Waals surface area contributed by atoms with E-state index in [9.17, 15) is 0 Å². The predicted molar refractivity (Wildman–Crippen MR) is 75.3 cm³/mol. The molecule has 2 heteroatoms. The molecule has 2 atom stereocenters. The molecule has 0 radical (unpaired) electrons. The molecule has 0 bridgehead atoms. The van der Waals surface area contributed by atoms with Crippen molar-refractivity contribution in [2.75, 3.05) is 11.1 Å². The summed E-state index contributed by atoms with van der Waals surface area (Å²) < 4.78 is 0. The van der Waals surface area contributed by atoms with Gasteiger partial charge in [-0.05, 0) is 49.4 Å². The topological polar surface area (TPSA) is 38.0 Å². The van der Waals surface area contributed by atoms with Crippen LogP contribution in [0.3, 0.4) is 0 Å². The molecule has 3 N–H and O–H groups in total. The SMILES string of the molecule is CCC1CCCCC1Nc1ccc(N)c(C)c1. The number of aryl methyl sites for hydroxylation is 1. The van der Waals surface area contributed by atoms with E-state index < -0.39 is 0 Å². The zero-order valence-corrected chi connectivity index (χ0v) is 11.0. The van der Waals surface area contributed by atoms with Gasteiger partial charge in [0.2, 0.25) is 0 Å². The second-order valence-electron chi connectivity index (χ2n) is 5.27. The summed E-state index contributed by atoms with van der Waals surface area (Å²) in [5, 5.41) is 3.69. The summed E-state index contributed by atoms with van der Waals surface area (Å²) >= 11 is 0. The van der Waals surface area contributed by atoms with Gasteiger partial charge >= 0.3 is 0 Å². The van der Waals surface area contributed by atoms with E-state index in [2.05, 4.69) is 31.3 Å². The van der Waals surface area contributed by atoms with Gasteiger partial charge in [0.15, 0.2) is 0 Å². The lowest BCUT2D eigenvalue weighted by atomic mass is 9.83. The molecule has 1 aromatic carbocycles. The second kappa shape index (κ2) is 5.44. The molecule has 0 heterocycles. The highest BCUT2D eigenvalue weighted by Gasteiger charge is 2.23. The minimum atomic E-state index is 0.650. The van der Waals surface area contributed by atoms with Crippen LogP contribution in [0, 0.1) is 12.8 Å². The number of nitrogen functional groups attached to an aromatic ring is 1. The van der Waals surface area contributed by atoms with Gasteiger partial charge in [0.25, 0.3) is 0 Å². The molecule has 94 valence electrons. The van der Waals surface area contributed by atoms with Crippen LogP contribution in [0.1, 0.15) is 44.6 Å². The van der Waals surface area contributed by atoms with E-state index in [0.717, 1.165) is 11.6 Å². The van der Waals surface area contributed by atoms with Crippen molar-refractivity contribution in [1.82, 2.24) is 0 Å². The number of nitrogens with two attached hydrogens (primary N) is 1. The lowest BCUT2D eigenvalue weighted by Crippen LogP contribution is -2.31. The smallest absolute Gasteiger partial charge is 0.0346 e. The van der Waals surface area contributed by atoms with Crippen LogP contribution >= 0.6 is 0 Å². The largest absolute Gasteiger partial charge is 0.399 e. The fourth-order valence-electron chi connectivity index (χ4n) is 2.87. The Morgan fingerprint density at radius 1 is 1.29 bits per heavy atom. The first-order valence-electron chi connectivity index (χ1n) is 6.83. The van der Waals surface area contributed by atoms with E-state index in [-0.39, 0.29) is 0 Å². The molecule has 0 saturated heterocycles. The molecule has 1 fully saturated rings. The summed E-state index contributed by atoms with van der Waals surface area (Å²) in [7, 11) is 0. The van der Waals surface area contributed by atoms with Crippen molar-refractivity contribution in [3.63, 3.8) is 0 Å². The van der Waals surface area contributed by atoms with E-state index >= 15 is 0 Å². The van der Waals surface area contributed by atoms with E-state index in [1.165, 1.54) is 43.4 Å². The van der Waals surface area contributed by atoms with Crippen molar-refractivity contribution in [3.8, 4) is 0 Å². The maximum absolute atomic E-state index is 5.85. The third-order valence-electron chi connectivity index (χ3n) is 4.06. The van der Waals surface area contributed by atoms with E-state index in [1.807, 2.05) is 6.07 Å². The average molecular weight is 232 g/mol. The van der Waals surface area contributed by atoms with Gasteiger partial charge in [-0.1, -0.05) is 26.2 Å². The standard InChI is InChI=1S/C15H24N2/c1-3-12-6-4-5-7-15(12)17-13-8-9-14(16)11(2)10-13/h8-10,12,15,17H,3-7,16H2,1-2H3. The van der Waals surface area contributed by atoms with Crippen LogP contribution in [-0.4, -0.2) is 6.04 Å². The highest BCUT2D eigenvalue weighted by atomic mass is 14.9. The average Bonchev–Trinajstić information content (AvgIpc) is 2.34. The molecular weight excluding hydrogens is 208 g/mol. The summed E-state index contributed by atoms with van der Waals surface area (Å²) in [5.74, 6) is 0.835. The van der Waals surface area contributed by atoms with Crippen LogP contribution in [0.25, 0.3) is 0 Å². The highest BCUT2D eigenvalue weighted by molar-refractivity contribution is 5.57. The summed E-state index contributed by atoms with van der Waals surface area (Å²) in [6.07, 6.45) is 6.73. The molecule has 1 aromatic rings. The Bertz CT molecular complexity index is 373.